The lowest BCUT2D eigenvalue weighted by Crippen LogP contribution is -2.15. The van der Waals surface area contributed by atoms with Crippen molar-refractivity contribution < 1.29 is 4.92 Å². The van der Waals surface area contributed by atoms with Gasteiger partial charge in [0.25, 0.3) is 5.69 Å². The van der Waals surface area contributed by atoms with E-state index in [4.69, 9.17) is 0 Å². The molecule has 1 aliphatic rings. The maximum absolute atomic E-state index is 10.7. The first-order chi connectivity index (χ1) is 9.65. The summed E-state index contributed by atoms with van der Waals surface area (Å²) >= 11 is 5.22. The number of nitro groups is 1. The molecule has 0 radical (unpaired) electrons. The van der Waals surface area contributed by atoms with E-state index in [1.54, 1.807) is 12.1 Å². The van der Waals surface area contributed by atoms with Crippen molar-refractivity contribution >= 4 is 38.6 Å². The Hall–Kier alpha value is -1.40. The fourth-order valence-electron chi connectivity index (χ4n) is 2.56. The standard InChI is InChI=1S/C14H13BrN2O2S/c15-11-8-9(17(18)19)4-5-13(11)16-12-2-1-3-14-10(12)6-7-20-14/h4-8,12,16H,1-3H2. The van der Waals surface area contributed by atoms with E-state index in [2.05, 4.69) is 32.7 Å². The number of nitro benzene ring substituents is 1. The Morgan fingerprint density at radius 1 is 1.40 bits per heavy atom. The van der Waals surface area contributed by atoms with Crippen LogP contribution in [0.2, 0.25) is 0 Å². The van der Waals surface area contributed by atoms with Gasteiger partial charge in [0, 0.05) is 27.2 Å². The van der Waals surface area contributed by atoms with E-state index in [9.17, 15) is 10.1 Å². The van der Waals surface area contributed by atoms with Gasteiger partial charge in [-0.15, -0.1) is 11.3 Å². The Balaban J connectivity index is 1.84. The molecule has 0 saturated carbocycles. The van der Waals surface area contributed by atoms with Crippen LogP contribution in [0, 0.1) is 10.1 Å². The number of hydrogen-bond acceptors (Lipinski definition) is 4. The first-order valence-corrected chi connectivity index (χ1v) is 8.09. The lowest BCUT2D eigenvalue weighted by Gasteiger charge is -2.25. The lowest BCUT2D eigenvalue weighted by molar-refractivity contribution is -0.384. The SMILES string of the molecule is O=[N+]([O-])c1ccc(NC2CCCc3sccc32)c(Br)c1. The van der Waals surface area contributed by atoms with Crippen molar-refractivity contribution in [2.24, 2.45) is 0 Å². The summed E-state index contributed by atoms with van der Waals surface area (Å²) in [7, 11) is 0. The summed E-state index contributed by atoms with van der Waals surface area (Å²) in [6, 6.07) is 7.31. The molecular weight excluding hydrogens is 340 g/mol. The molecule has 1 unspecified atom stereocenters. The molecule has 6 heteroatoms. The molecule has 3 rings (SSSR count). The van der Waals surface area contributed by atoms with Crippen molar-refractivity contribution in [2.45, 2.75) is 25.3 Å². The van der Waals surface area contributed by atoms with Gasteiger partial charge in [-0.3, -0.25) is 10.1 Å². The van der Waals surface area contributed by atoms with Crippen molar-refractivity contribution in [3.05, 3.63) is 54.7 Å². The third kappa shape index (κ3) is 2.58. The number of benzene rings is 1. The highest BCUT2D eigenvalue weighted by Gasteiger charge is 2.22. The van der Waals surface area contributed by atoms with Gasteiger partial charge in [-0.2, -0.15) is 0 Å². The number of hydrogen-bond donors (Lipinski definition) is 1. The summed E-state index contributed by atoms with van der Waals surface area (Å²) in [5, 5.41) is 16.4. The monoisotopic (exact) mass is 352 g/mol. The van der Waals surface area contributed by atoms with Crippen LogP contribution in [0.1, 0.15) is 29.3 Å². The minimum absolute atomic E-state index is 0.0993. The van der Waals surface area contributed by atoms with Crippen LogP contribution in [0.25, 0.3) is 0 Å². The molecule has 1 aromatic heterocycles. The highest BCUT2D eigenvalue weighted by Crippen LogP contribution is 2.37. The maximum Gasteiger partial charge on any atom is 0.270 e. The topological polar surface area (TPSA) is 55.2 Å². The number of aryl methyl sites for hydroxylation is 1. The number of non-ortho nitro benzene ring substituents is 1. The second-order valence-corrected chi connectivity index (χ2v) is 6.66. The number of nitrogens with zero attached hydrogens (tertiary/aromatic N) is 1. The van der Waals surface area contributed by atoms with Crippen LogP contribution in [-0.2, 0) is 6.42 Å². The Morgan fingerprint density at radius 3 is 3.00 bits per heavy atom. The molecule has 0 saturated heterocycles. The first-order valence-electron chi connectivity index (χ1n) is 6.42. The Labute approximate surface area is 129 Å². The zero-order valence-corrected chi connectivity index (χ0v) is 13.0. The fourth-order valence-corrected chi connectivity index (χ4v) is 4.03. The zero-order chi connectivity index (χ0) is 14.1. The summed E-state index contributed by atoms with van der Waals surface area (Å²) in [5.74, 6) is 0. The molecule has 0 bridgehead atoms. The Kier molecular flexibility index (Phi) is 3.76. The molecule has 1 aromatic carbocycles. The number of rotatable bonds is 3. The van der Waals surface area contributed by atoms with Gasteiger partial charge in [0.1, 0.15) is 0 Å². The highest BCUT2D eigenvalue weighted by molar-refractivity contribution is 9.10. The van der Waals surface area contributed by atoms with E-state index >= 15 is 0 Å². The van der Waals surface area contributed by atoms with Gasteiger partial charge in [-0.1, -0.05) is 0 Å². The van der Waals surface area contributed by atoms with E-state index < -0.39 is 0 Å². The highest BCUT2D eigenvalue weighted by atomic mass is 79.9. The average Bonchev–Trinajstić information content (AvgIpc) is 2.90. The van der Waals surface area contributed by atoms with Crippen molar-refractivity contribution in [1.82, 2.24) is 0 Å². The molecule has 20 heavy (non-hydrogen) atoms. The molecule has 1 heterocycles. The van der Waals surface area contributed by atoms with Gasteiger partial charge < -0.3 is 5.32 Å². The number of anilines is 1. The molecule has 0 aliphatic heterocycles. The summed E-state index contributed by atoms with van der Waals surface area (Å²) in [6.45, 7) is 0. The molecule has 0 amide bonds. The van der Waals surface area contributed by atoms with E-state index in [-0.39, 0.29) is 10.6 Å². The smallest absolute Gasteiger partial charge is 0.270 e. The van der Waals surface area contributed by atoms with E-state index in [1.165, 1.54) is 22.9 Å². The first kappa shape index (κ1) is 13.6. The Bertz CT molecular complexity index is 656. The average molecular weight is 353 g/mol. The molecule has 1 N–H and O–H groups in total. The van der Waals surface area contributed by atoms with Crippen LogP contribution < -0.4 is 5.32 Å². The van der Waals surface area contributed by atoms with Crippen LogP contribution in [0.5, 0.6) is 0 Å². The summed E-state index contributed by atoms with van der Waals surface area (Å²) in [6.07, 6.45) is 3.43. The predicted molar refractivity (Wildman–Crippen MR) is 84.4 cm³/mol. The van der Waals surface area contributed by atoms with Crippen molar-refractivity contribution in [2.75, 3.05) is 5.32 Å². The molecule has 0 spiro atoms. The van der Waals surface area contributed by atoms with Crippen molar-refractivity contribution in [1.29, 1.82) is 0 Å². The number of halogens is 1. The van der Waals surface area contributed by atoms with E-state index in [0.29, 0.717) is 6.04 Å². The zero-order valence-electron chi connectivity index (χ0n) is 10.6. The van der Waals surface area contributed by atoms with Gasteiger partial charge in [0.15, 0.2) is 0 Å². The second kappa shape index (κ2) is 5.54. The van der Waals surface area contributed by atoms with Crippen LogP contribution in [0.15, 0.2) is 34.1 Å². The number of thiophene rings is 1. The van der Waals surface area contributed by atoms with Gasteiger partial charge in [0.2, 0.25) is 0 Å². The number of nitrogens with one attached hydrogen (secondary N) is 1. The van der Waals surface area contributed by atoms with Crippen molar-refractivity contribution in [3.63, 3.8) is 0 Å². The molecule has 1 atom stereocenters. The van der Waals surface area contributed by atoms with Crippen molar-refractivity contribution in [3.8, 4) is 0 Å². The lowest BCUT2D eigenvalue weighted by atomic mass is 9.94. The molecule has 0 fully saturated rings. The molecule has 2 aromatic rings. The third-order valence-electron chi connectivity index (χ3n) is 3.55. The van der Waals surface area contributed by atoms with E-state index in [0.717, 1.165) is 23.0 Å². The van der Waals surface area contributed by atoms with Crippen LogP contribution in [0.3, 0.4) is 0 Å². The summed E-state index contributed by atoms with van der Waals surface area (Å²) in [4.78, 5) is 11.8. The Morgan fingerprint density at radius 2 is 2.25 bits per heavy atom. The molecule has 1 aliphatic carbocycles. The fraction of sp³-hybridized carbons (Fsp3) is 0.286. The van der Waals surface area contributed by atoms with Gasteiger partial charge in [0.05, 0.1) is 11.0 Å². The van der Waals surface area contributed by atoms with Crippen LogP contribution >= 0.6 is 27.3 Å². The number of fused-ring (bicyclic) bond motifs is 1. The van der Waals surface area contributed by atoms with Gasteiger partial charge in [-0.25, -0.2) is 0 Å². The normalized spacial score (nSPS) is 17.6. The van der Waals surface area contributed by atoms with Gasteiger partial charge in [-0.05, 0) is 58.3 Å². The quantitative estimate of drug-likeness (QED) is 0.630. The maximum atomic E-state index is 10.7. The summed E-state index contributed by atoms with van der Waals surface area (Å²) < 4.78 is 0.731. The van der Waals surface area contributed by atoms with Gasteiger partial charge >= 0.3 is 0 Å². The van der Waals surface area contributed by atoms with Crippen LogP contribution in [-0.4, -0.2) is 4.92 Å². The van der Waals surface area contributed by atoms with Crippen LogP contribution in [0.4, 0.5) is 11.4 Å². The third-order valence-corrected chi connectivity index (χ3v) is 5.20. The largest absolute Gasteiger partial charge is 0.377 e. The predicted octanol–water partition coefficient (Wildman–Crippen LogP) is 4.91. The second-order valence-electron chi connectivity index (χ2n) is 4.81. The molecule has 4 nitrogen and oxygen atoms in total. The molecular formula is C14H13BrN2O2S. The summed E-state index contributed by atoms with van der Waals surface area (Å²) in [5.41, 5.74) is 2.37. The molecule has 104 valence electrons. The minimum atomic E-state index is -0.383. The van der Waals surface area contributed by atoms with E-state index in [1.807, 2.05) is 11.3 Å². The minimum Gasteiger partial charge on any atom is -0.377 e.